The van der Waals surface area contributed by atoms with Gasteiger partial charge in [-0.05, 0) is 26.0 Å². The first-order chi connectivity index (χ1) is 6.52. The van der Waals surface area contributed by atoms with Gasteiger partial charge in [-0.15, -0.1) is 0 Å². The van der Waals surface area contributed by atoms with Crippen molar-refractivity contribution in [2.24, 2.45) is 5.73 Å². The Kier molecular flexibility index (Phi) is 2.86. The van der Waals surface area contributed by atoms with Crippen molar-refractivity contribution in [1.29, 1.82) is 0 Å². The Hall–Kier alpha value is -1.84. The third-order valence-electron chi connectivity index (χ3n) is 1.91. The first-order valence-electron chi connectivity index (χ1n) is 4.15. The maximum absolute atomic E-state index is 11.6. The highest BCUT2D eigenvalue weighted by Crippen LogP contribution is 2.10. The van der Waals surface area contributed by atoms with Crippen molar-refractivity contribution in [1.82, 2.24) is 4.98 Å². The summed E-state index contributed by atoms with van der Waals surface area (Å²) in [7, 11) is 0. The van der Waals surface area contributed by atoms with Crippen LogP contribution in [0.5, 0.6) is 5.75 Å². The van der Waals surface area contributed by atoms with Gasteiger partial charge in [-0.1, -0.05) is 0 Å². The standard InChI is InChI=1S/C10H12N2O2/c1-6(7(2)11)10(14)9-4-3-8(13)5-12-9/h3-5,13H,11H2,1-2H3/b7-6-. The fraction of sp³-hybridized carbons (Fsp3) is 0.200. The molecular formula is C10H12N2O2. The van der Waals surface area contributed by atoms with E-state index in [1.165, 1.54) is 18.3 Å². The van der Waals surface area contributed by atoms with Gasteiger partial charge < -0.3 is 10.8 Å². The summed E-state index contributed by atoms with van der Waals surface area (Å²) in [6.45, 7) is 3.31. The van der Waals surface area contributed by atoms with Crippen molar-refractivity contribution in [2.75, 3.05) is 0 Å². The molecule has 4 heteroatoms. The molecule has 1 aromatic heterocycles. The smallest absolute Gasteiger partial charge is 0.208 e. The molecule has 0 saturated carbocycles. The number of pyridine rings is 1. The van der Waals surface area contributed by atoms with E-state index in [9.17, 15) is 4.79 Å². The normalized spacial score (nSPS) is 12.1. The van der Waals surface area contributed by atoms with E-state index in [2.05, 4.69) is 4.98 Å². The van der Waals surface area contributed by atoms with Crippen molar-refractivity contribution in [3.63, 3.8) is 0 Å². The molecule has 0 bridgehead atoms. The van der Waals surface area contributed by atoms with Gasteiger partial charge in [-0.3, -0.25) is 4.79 Å². The van der Waals surface area contributed by atoms with Gasteiger partial charge in [-0.2, -0.15) is 0 Å². The van der Waals surface area contributed by atoms with Crippen LogP contribution >= 0.6 is 0 Å². The van der Waals surface area contributed by atoms with Gasteiger partial charge in [0, 0.05) is 11.3 Å². The highest BCUT2D eigenvalue weighted by molar-refractivity contribution is 6.07. The van der Waals surface area contributed by atoms with E-state index >= 15 is 0 Å². The van der Waals surface area contributed by atoms with Gasteiger partial charge in [-0.25, -0.2) is 4.98 Å². The number of rotatable bonds is 2. The first-order valence-corrected chi connectivity index (χ1v) is 4.15. The summed E-state index contributed by atoms with van der Waals surface area (Å²) in [5.41, 5.74) is 6.72. The number of carbonyl (C=O) groups excluding carboxylic acids is 1. The van der Waals surface area contributed by atoms with Crippen LogP contribution in [0.1, 0.15) is 24.3 Å². The van der Waals surface area contributed by atoms with Gasteiger partial charge in [0.2, 0.25) is 5.78 Å². The molecule has 0 spiro atoms. The molecule has 0 unspecified atom stereocenters. The molecule has 0 atom stereocenters. The average molecular weight is 192 g/mol. The minimum atomic E-state index is -0.218. The topological polar surface area (TPSA) is 76.2 Å². The fourth-order valence-electron chi connectivity index (χ4n) is 0.892. The molecular weight excluding hydrogens is 180 g/mol. The summed E-state index contributed by atoms with van der Waals surface area (Å²) in [6, 6.07) is 2.88. The number of allylic oxidation sites excluding steroid dienone is 2. The number of nitrogens with two attached hydrogens (primary N) is 1. The Morgan fingerprint density at radius 3 is 2.50 bits per heavy atom. The largest absolute Gasteiger partial charge is 0.506 e. The first kappa shape index (κ1) is 10.2. The summed E-state index contributed by atoms with van der Waals surface area (Å²) in [4.78, 5) is 15.4. The van der Waals surface area contributed by atoms with E-state index in [-0.39, 0.29) is 17.2 Å². The summed E-state index contributed by atoms with van der Waals surface area (Å²) in [5, 5.41) is 8.98. The maximum Gasteiger partial charge on any atom is 0.208 e. The lowest BCUT2D eigenvalue weighted by atomic mass is 10.1. The summed E-state index contributed by atoms with van der Waals surface area (Å²) in [6.07, 6.45) is 1.23. The number of hydrogen-bond acceptors (Lipinski definition) is 4. The van der Waals surface area contributed by atoms with Crippen LogP contribution in [0.4, 0.5) is 0 Å². The summed E-state index contributed by atoms with van der Waals surface area (Å²) >= 11 is 0. The zero-order valence-corrected chi connectivity index (χ0v) is 8.11. The summed E-state index contributed by atoms with van der Waals surface area (Å²) in [5.74, 6) is -0.183. The fourth-order valence-corrected chi connectivity index (χ4v) is 0.892. The number of aromatic nitrogens is 1. The number of aromatic hydroxyl groups is 1. The molecule has 3 N–H and O–H groups in total. The second-order valence-electron chi connectivity index (χ2n) is 3.04. The van der Waals surface area contributed by atoms with E-state index in [0.29, 0.717) is 11.3 Å². The van der Waals surface area contributed by atoms with E-state index in [0.717, 1.165) is 0 Å². The number of ketones is 1. The highest BCUT2D eigenvalue weighted by atomic mass is 16.3. The molecule has 14 heavy (non-hydrogen) atoms. The quantitative estimate of drug-likeness (QED) is 0.545. The molecule has 0 fully saturated rings. The number of nitrogens with zero attached hydrogens (tertiary/aromatic N) is 1. The van der Waals surface area contributed by atoms with Crippen LogP contribution in [0.25, 0.3) is 0 Å². The van der Waals surface area contributed by atoms with Crippen LogP contribution in [-0.4, -0.2) is 15.9 Å². The van der Waals surface area contributed by atoms with Gasteiger partial charge in [0.05, 0.1) is 6.20 Å². The average Bonchev–Trinajstić information content (AvgIpc) is 2.16. The van der Waals surface area contributed by atoms with E-state index < -0.39 is 0 Å². The van der Waals surface area contributed by atoms with Crippen LogP contribution in [0, 0.1) is 0 Å². The number of Topliss-reactive ketones (excluding diaryl/α,β-unsaturated/α-hetero) is 1. The predicted octanol–water partition coefficient (Wildman–Crippen LogP) is 1.22. The molecule has 0 radical (unpaired) electrons. The van der Waals surface area contributed by atoms with Crippen molar-refractivity contribution in [2.45, 2.75) is 13.8 Å². The lowest BCUT2D eigenvalue weighted by Crippen LogP contribution is -2.08. The van der Waals surface area contributed by atoms with Crippen molar-refractivity contribution in [3.05, 3.63) is 35.3 Å². The van der Waals surface area contributed by atoms with Crippen LogP contribution in [-0.2, 0) is 0 Å². The Labute approximate surface area is 82.1 Å². The minimum Gasteiger partial charge on any atom is -0.506 e. The third-order valence-corrected chi connectivity index (χ3v) is 1.91. The van der Waals surface area contributed by atoms with Crippen molar-refractivity contribution >= 4 is 5.78 Å². The van der Waals surface area contributed by atoms with Gasteiger partial charge in [0.15, 0.2) is 0 Å². The molecule has 74 valence electrons. The number of carbonyl (C=O) groups is 1. The molecule has 0 aliphatic carbocycles. The lowest BCUT2D eigenvalue weighted by Gasteiger charge is -2.02. The Bertz CT molecular complexity index is 376. The zero-order chi connectivity index (χ0) is 10.7. The van der Waals surface area contributed by atoms with Crippen LogP contribution in [0.15, 0.2) is 29.6 Å². The molecule has 1 rings (SSSR count). The molecule has 0 aliphatic rings. The second kappa shape index (κ2) is 3.91. The highest BCUT2D eigenvalue weighted by Gasteiger charge is 2.10. The summed E-state index contributed by atoms with van der Waals surface area (Å²) < 4.78 is 0. The Morgan fingerprint density at radius 1 is 1.43 bits per heavy atom. The van der Waals surface area contributed by atoms with Crippen LogP contribution in [0.3, 0.4) is 0 Å². The van der Waals surface area contributed by atoms with Gasteiger partial charge >= 0.3 is 0 Å². The van der Waals surface area contributed by atoms with Gasteiger partial charge in [0.1, 0.15) is 11.4 Å². The molecule has 4 nitrogen and oxygen atoms in total. The Morgan fingerprint density at radius 2 is 2.07 bits per heavy atom. The number of hydrogen-bond donors (Lipinski definition) is 2. The van der Waals surface area contributed by atoms with E-state index in [1.807, 2.05) is 0 Å². The van der Waals surface area contributed by atoms with Crippen LogP contribution in [0.2, 0.25) is 0 Å². The molecule has 0 saturated heterocycles. The van der Waals surface area contributed by atoms with Crippen LogP contribution < -0.4 is 5.73 Å². The van der Waals surface area contributed by atoms with Crippen molar-refractivity contribution in [3.8, 4) is 5.75 Å². The molecule has 0 amide bonds. The third kappa shape index (κ3) is 2.10. The predicted molar refractivity (Wildman–Crippen MR) is 52.8 cm³/mol. The SMILES string of the molecule is C/C(N)=C(\C)C(=O)c1ccc(O)cn1. The molecule has 0 aromatic carbocycles. The monoisotopic (exact) mass is 192 g/mol. The molecule has 1 aromatic rings. The second-order valence-corrected chi connectivity index (χ2v) is 3.04. The molecule has 1 heterocycles. The van der Waals surface area contributed by atoms with E-state index in [4.69, 9.17) is 10.8 Å². The van der Waals surface area contributed by atoms with Crippen molar-refractivity contribution < 1.29 is 9.90 Å². The zero-order valence-electron chi connectivity index (χ0n) is 8.11. The molecule has 0 aliphatic heterocycles. The van der Waals surface area contributed by atoms with E-state index in [1.54, 1.807) is 13.8 Å². The lowest BCUT2D eigenvalue weighted by molar-refractivity contribution is 0.102. The van der Waals surface area contributed by atoms with Gasteiger partial charge in [0.25, 0.3) is 0 Å². The minimum absolute atomic E-state index is 0.0349. The Balaban J connectivity index is 3.02. The maximum atomic E-state index is 11.6.